The van der Waals surface area contributed by atoms with Crippen molar-refractivity contribution in [3.63, 3.8) is 0 Å². The topological polar surface area (TPSA) is 34.3 Å². The molecular formula is C13H22Cl2FeNO. The van der Waals surface area contributed by atoms with Gasteiger partial charge in [0.05, 0.1) is 0 Å². The van der Waals surface area contributed by atoms with Gasteiger partial charge < -0.3 is 10.4 Å². The van der Waals surface area contributed by atoms with Gasteiger partial charge in [0.2, 0.25) is 0 Å². The van der Waals surface area contributed by atoms with E-state index in [-0.39, 0.29) is 32.7 Å². The molecule has 0 aromatic heterocycles. The molecule has 107 valence electrons. The second-order valence-corrected chi connectivity index (χ2v) is 5.72. The number of benzene rings is 1. The number of hydrogen-bond donors (Lipinski definition) is 1. The fourth-order valence-electron chi connectivity index (χ4n) is 1.49. The molecule has 0 heterocycles. The summed E-state index contributed by atoms with van der Waals surface area (Å²) in [6, 6.07) is 8.23. The zero-order valence-electron chi connectivity index (χ0n) is 10.2. The summed E-state index contributed by atoms with van der Waals surface area (Å²) in [7, 11) is 9.53. The van der Waals surface area contributed by atoms with Crippen LogP contribution in [-0.2, 0) is 13.1 Å². The zero-order valence-corrected chi connectivity index (χ0v) is 12.8. The Kier molecular flexibility index (Phi) is 13.7. The number of para-hydroxylation sites is 1. The van der Waals surface area contributed by atoms with Gasteiger partial charge in [0.15, 0.2) is 0 Å². The molecule has 1 aromatic carbocycles. The maximum atomic E-state index is 9.21. The molecule has 0 aliphatic heterocycles. The SMILES string of the molecule is C.Cc1ccccc1[N-]C(C)CC(C)O.[Cl][Fe+][Cl]. The molecule has 0 bridgehead atoms. The molecule has 0 saturated heterocycles. The molecule has 1 N–H and O–H groups in total. The van der Waals surface area contributed by atoms with Crippen LogP contribution in [0.5, 0.6) is 0 Å². The van der Waals surface area contributed by atoms with Crippen molar-refractivity contribution in [2.45, 2.75) is 46.8 Å². The first-order valence-corrected chi connectivity index (χ1v) is 8.34. The quantitative estimate of drug-likeness (QED) is 0.757. The van der Waals surface area contributed by atoms with Gasteiger partial charge in [-0.3, -0.25) is 0 Å². The van der Waals surface area contributed by atoms with Crippen molar-refractivity contribution >= 4 is 25.9 Å². The van der Waals surface area contributed by atoms with Gasteiger partial charge in [0.1, 0.15) is 0 Å². The molecule has 0 saturated carbocycles. The van der Waals surface area contributed by atoms with Gasteiger partial charge >= 0.3 is 33.3 Å². The zero-order chi connectivity index (χ0) is 13.3. The standard InChI is InChI=1S/C12H18NO.CH4.2ClH.Fe/c1-9-6-4-5-7-12(9)13-10(2)8-11(3)14;;;;/h4-7,10-11,14H,8H2,1-3H3;1H4;2*1H;/q-1;;;;+3/p-2. The Morgan fingerprint density at radius 3 is 2.22 bits per heavy atom. The summed E-state index contributed by atoms with van der Waals surface area (Å²) in [5.74, 6) is 0. The first kappa shape index (κ1) is 20.4. The number of hydrogen-bond acceptors (Lipinski definition) is 1. The molecule has 0 aliphatic carbocycles. The van der Waals surface area contributed by atoms with E-state index in [0.29, 0.717) is 6.42 Å². The van der Waals surface area contributed by atoms with Gasteiger partial charge in [0.25, 0.3) is 0 Å². The first-order chi connectivity index (χ1) is 8.01. The minimum absolute atomic E-state index is 0. The van der Waals surface area contributed by atoms with Crippen LogP contribution in [0.25, 0.3) is 5.32 Å². The molecule has 5 heteroatoms. The van der Waals surface area contributed by atoms with Gasteiger partial charge in [-0.2, -0.15) is 0 Å². The summed E-state index contributed by atoms with van der Waals surface area (Å²) in [6.45, 7) is 5.87. The number of aryl methyl sites for hydroxylation is 1. The fraction of sp³-hybridized carbons (Fsp3) is 0.538. The van der Waals surface area contributed by atoms with E-state index < -0.39 is 0 Å². The monoisotopic (exact) mass is 334 g/mol. The molecule has 0 radical (unpaired) electrons. The van der Waals surface area contributed by atoms with Crippen molar-refractivity contribution in [1.82, 2.24) is 0 Å². The Labute approximate surface area is 126 Å². The summed E-state index contributed by atoms with van der Waals surface area (Å²) in [5, 5.41) is 13.7. The van der Waals surface area contributed by atoms with Crippen molar-refractivity contribution in [3.8, 4) is 0 Å². The number of aliphatic hydroxyl groups excluding tert-OH is 1. The summed E-state index contributed by atoms with van der Waals surface area (Å²) in [4.78, 5) is 0. The van der Waals surface area contributed by atoms with Crippen LogP contribution < -0.4 is 0 Å². The van der Waals surface area contributed by atoms with Crippen LogP contribution in [0.1, 0.15) is 33.3 Å². The average Bonchev–Trinajstić information content (AvgIpc) is 2.21. The van der Waals surface area contributed by atoms with Gasteiger partial charge in [0, 0.05) is 6.10 Å². The van der Waals surface area contributed by atoms with E-state index in [4.69, 9.17) is 20.2 Å². The van der Waals surface area contributed by atoms with Crippen LogP contribution in [0, 0.1) is 6.92 Å². The van der Waals surface area contributed by atoms with E-state index in [1.54, 1.807) is 6.92 Å². The van der Waals surface area contributed by atoms with Gasteiger partial charge in [-0.1, -0.05) is 44.2 Å². The molecule has 2 nitrogen and oxygen atoms in total. The Morgan fingerprint density at radius 1 is 1.28 bits per heavy atom. The van der Waals surface area contributed by atoms with E-state index in [1.807, 2.05) is 38.1 Å². The van der Waals surface area contributed by atoms with Crippen molar-refractivity contribution in [3.05, 3.63) is 35.1 Å². The number of aliphatic hydroxyl groups is 1. The van der Waals surface area contributed by atoms with E-state index >= 15 is 0 Å². The first-order valence-electron chi connectivity index (χ1n) is 5.31. The van der Waals surface area contributed by atoms with Gasteiger partial charge in [-0.15, -0.1) is 11.7 Å². The molecule has 2 unspecified atom stereocenters. The predicted octanol–water partition coefficient (Wildman–Crippen LogP) is 5.17. The van der Waals surface area contributed by atoms with Crippen LogP contribution >= 0.6 is 20.2 Å². The third-order valence-electron chi connectivity index (χ3n) is 2.16. The van der Waals surface area contributed by atoms with E-state index in [1.165, 1.54) is 5.56 Å². The van der Waals surface area contributed by atoms with Crippen molar-refractivity contribution in [2.75, 3.05) is 0 Å². The van der Waals surface area contributed by atoms with Gasteiger partial charge in [-0.25, -0.2) is 0 Å². The van der Waals surface area contributed by atoms with E-state index in [2.05, 4.69) is 5.32 Å². The number of rotatable bonds is 4. The summed E-state index contributed by atoms with van der Waals surface area (Å²) in [5.41, 5.74) is 2.21. The molecule has 0 amide bonds. The predicted molar refractivity (Wildman–Crippen MR) is 78.4 cm³/mol. The molecule has 0 fully saturated rings. The minimum atomic E-state index is -0.280. The summed E-state index contributed by atoms with van der Waals surface area (Å²) >= 11 is 0.194. The van der Waals surface area contributed by atoms with Crippen LogP contribution in [0.3, 0.4) is 0 Å². The molecule has 1 rings (SSSR count). The van der Waals surface area contributed by atoms with E-state index in [9.17, 15) is 5.11 Å². The van der Waals surface area contributed by atoms with Crippen LogP contribution in [0.2, 0.25) is 0 Å². The van der Waals surface area contributed by atoms with E-state index in [0.717, 1.165) is 5.69 Å². The Hall–Kier alpha value is 0.0795. The van der Waals surface area contributed by atoms with Crippen LogP contribution in [0.15, 0.2) is 24.3 Å². The maximum absolute atomic E-state index is 9.21. The molecule has 0 spiro atoms. The third-order valence-corrected chi connectivity index (χ3v) is 2.16. The number of halogens is 2. The fourth-order valence-corrected chi connectivity index (χ4v) is 1.49. The molecule has 0 aliphatic rings. The van der Waals surface area contributed by atoms with Crippen molar-refractivity contribution in [2.24, 2.45) is 0 Å². The second kappa shape index (κ2) is 12.1. The van der Waals surface area contributed by atoms with Gasteiger partial charge in [-0.05, 0) is 20.3 Å². The Morgan fingerprint density at radius 2 is 1.78 bits per heavy atom. The summed E-state index contributed by atoms with van der Waals surface area (Å²) in [6.07, 6.45) is 0.437. The Balaban J connectivity index is 0. The average molecular weight is 335 g/mol. The molecule has 1 aromatic rings. The van der Waals surface area contributed by atoms with Crippen LogP contribution in [-0.4, -0.2) is 17.3 Å². The number of nitrogens with zero attached hydrogens (tertiary/aromatic N) is 1. The molecule has 2 atom stereocenters. The summed E-state index contributed by atoms with van der Waals surface area (Å²) < 4.78 is 0. The van der Waals surface area contributed by atoms with Crippen LogP contribution in [0.4, 0.5) is 5.69 Å². The van der Waals surface area contributed by atoms with Crippen molar-refractivity contribution < 1.29 is 18.2 Å². The normalized spacial score (nSPS) is 12.6. The Bertz CT molecular complexity index is 311. The van der Waals surface area contributed by atoms with Crippen molar-refractivity contribution in [1.29, 1.82) is 0 Å². The molecular weight excluding hydrogens is 313 g/mol. The third kappa shape index (κ3) is 10.0. The molecule has 18 heavy (non-hydrogen) atoms. The second-order valence-electron chi connectivity index (χ2n) is 3.90.